The van der Waals surface area contributed by atoms with Gasteiger partial charge in [-0.1, -0.05) is 60.7 Å². The molecule has 3 heterocycles. The highest BCUT2D eigenvalue weighted by atomic mass is 19.3. The Hall–Kier alpha value is -7.22. The molecule has 2 fully saturated rings. The quantitative estimate of drug-likeness (QED) is 0.110. The summed E-state index contributed by atoms with van der Waals surface area (Å²) in [6, 6.07) is 32.2. The number of fused-ring (bicyclic) bond motifs is 5. The molecule has 314 valence electrons. The van der Waals surface area contributed by atoms with Crippen molar-refractivity contribution in [2.45, 2.75) is 38.3 Å². The smallest absolute Gasteiger partial charge is 0.408 e. The van der Waals surface area contributed by atoms with Crippen LogP contribution in [0.5, 0.6) is 17.2 Å². The number of aromatic nitrogens is 3. The van der Waals surface area contributed by atoms with Gasteiger partial charge in [0.05, 0.1) is 28.8 Å². The molecule has 1 aliphatic heterocycles. The molecular weight excluding hydrogens is 798 g/mol. The van der Waals surface area contributed by atoms with Crippen molar-refractivity contribution in [3.8, 4) is 34.1 Å². The van der Waals surface area contributed by atoms with Gasteiger partial charge in [-0.2, -0.15) is 5.10 Å². The molecule has 4 N–H and O–H groups in total. The highest BCUT2D eigenvalue weighted by Crippen LogP contribution is 2.46. The molecule has 0 bridgehead atoms. The molecule has 10 rings (SSSR count). The second kappa shape index (κ2) is 15.7. The summed E-state index contributed by atoms with van der Waals surface area (Å²) in [5, 5.41) is 8.13. The number of hydrogen-bond acceptors (Lipinski definition) is 8. The van der Waals surface area contributed by atoms with Crippen LogP contribution in [0.25, 0.3) is 27.7 Å². The Morgan fingerprint density at radius 2 is 1.56 bits per heavy atom. The molecule has 1 saturated carbocycles. The number of anilines is 2. The van der Waals surface area contributed by atoms with Crippen molar-refractivity contribution < 1.29 is 37.0 Å². The van der Waals surface area contributed by atoms with Gasteiger partial charge in [-0.05, 0) is 96.8 Å². The fourth-order valence-electron chi connectivity index (χ4n) is 9.40. The number of amides is 1. The third-order valence-corrected chi connectivity index (χ3v) is 12.2. The summed E-state index contributed by atoms with van der Waals surface area (Å²) in [5.41, 5.74) is 13.6. The van der Waals surface area contributed by atoms with Crippen LogP contribution in [0.1, 0.15) is 51.7 Å². The molecule has 7 aromatic rings. The van der Waals surface area contributed by atoms with Gasteiger partial charge in [0.1, 0.15) is 23.9 Å². The van der Waals surface area contributed by atoms with E-state index >= 15 is 0 Å². The molecule has 2 atom stereocenters. The number of nitrogens with one attached hydrogen (secondary N) is 2. The Kier molecular flexibility index (Phi) is 9.84. The van der Waals surface area contributed by atoms with Crippen LogP contribution >= 0.6 is 0 Å². The Morgan fingerprint density at radius 1 is 0.871 bits per heavy atom. The number of alkyl carbamates (subject to hydrolysis) is 1. The molecule has 5 aromatic carbocycles. The average Bonchev–Trinajstić information content (AvgIpc) is 4.09. The van der Waals surface area contributed by atoms with Crippen molar-refractivity contribution in [3.05, 3.63) is 149 Å². The minimum absolute atomic E-state index is 0.0692. The highest BCUT2D eigenvalue weighted by molar-refractivity contribution is 6.12. The summed E-state index contributed by atoms with van der Waals surface area (Å²) in [7, 11) is 0. The number of carbonyl (C=O) groups excluding carboxylic acids is 2. The second-order valence-corrected chi connectivity index (χ2v) is 16.2. The number of hydrogen-bond donors (Lipinski definition) is 3. The van der Waals surface area contributed by atoms with Gasteiger partial charge >= 0.3 is 6.09 Å². The van der Waals surface area contributed by atoms with E-state index in [4.69, 9.17) is 19.9 Å². The Morgan fingerprint density at radius 3 is 2.26 bits per heavy atom. The van der Waals surface area contributed by atoms with E-state index in [-0.39, 0.29) is 46.5 Å². The van der Waals surface area contributed by atoms with E-state index in [0.29, 0.717) is 41.1 Å². The molecule has 0 radical (unpaired) electrons. The second-order valence-electron chi connectivity index (χ2n) is 16.2. The van der Waals surface area contributed by atoms with E-state index in [1.54, 1.807) is 42.5 Å². The lowest BCUT2D eigenvalue weighted by Crippen LogP contribution is -2.35. The predicted molar refractivity (Wildman–Crippen MR) is 228 cm³/mol. The topological polar surface area (TPSA) is 137 Å². The monoisotopic (exact) mass is 838 g/mol. The summed E-state index contributed by atoms with van der Waals surface area (Å²) in [6.45, 7) is 2.31. The number of nitrogens with zero attached hydrogens (tertiary/aromatic N) is 3. The highest BCUT2D eigenvalue weighted by Gasteiger charge is 2.43. The van der Waals surface area contributed by atoms with Crippen LogP contribution in [-0.2, 0) is 4.74 Å². The van der Waals surface area contributed by atoms with Crippen LogP contribution in [0.15, 0.2) is 115 Å². The Bertz CT molecular complexity index is 2820. The number of aromatic amines is 1. The first kappa shape index (κ1) is 38.9. The first-order valence-electron chi connectivity index (χ1n) is 20.5. The molecule has 0 spiro atoms. The minimum atomic E-state index is -2.68. The largest absolute Gasteiger partial charge is 0.485 e. The van der Waals surface area contributed by atoms with Crippen LogP contribution in [0, 0.1) is 24.6 Å². The van der Waals surface area contributed by atoms with Crippen LogP contribution in [-0.4, -0.2) is 58.8 Å². The van der Waals surface area contributed by atoms with Crippen LogP contribution in [0.4, 0.5) is 29.5 Å². The molecule has 2 aliphatic carbocycles. The van der Waals surface area contributed by atoms with Gasteiger partial charge < -0.3 is 35.1 Å². The van der Waals surface area contributed by atoms with E-state index < -0.39 is 36.8 Å². The lowest BCUT2D eigenvalue weighted by molar-refractivity contribution is 0.0821. The first-order chi connectivity index (χ1) is 30.1. The third-order valence-electron chi connectivity index (χ3n) is 12.2. The van der Waals surface area contributed by atoms with Crippen molar-refractivity contribution in [1.82, 2.24) is 20.1 Å². The fourth-order valence-corrected chi connectivity index (χ4v) is 9.40. The first-order valence-corrected chi connectivity index (χ1v) is 20.5. The molecule has 62 heavy (non-hydrogen) atoms. The number of nitrogen functional groups attached to an aromatic ring is 1. The van der Waals surface area contributed by atoms with E-state index in [1.165, 1.54) is 23.0 Å². The number of para-hydroxylation sites is 1. The minimum Gasteiger partial charge on any atom is -0.485 e. The number of rotatable bonds is 11. The number of H-pyrrole nitrogens is 1. The molecule has 2 aromatic heterocycles. The number of benzene rings is 5. The molecule has 3 aliphatic rings. The number of carbonyl (C=O) groups is 2. The Balaban J connectivity index is 0.831. The van der Waals surface area contributed by atoms with Gasteiger partial charge in [-0.15, -0.1) is 0 Å². The Labute approximate surface area is 354 Å². The van der Waals surface area contributed by atoms with E-state index in [0.717, 1.165) is 40.7 Å². The molecule has 1 amide bonds. The SMILES string of the molecule is Cc1cc(Oc2ccccc2F)ccc1-n1ncc(C(=O)c2cc3cc(OCC(F)F)c(N4CC5CC(NC(=O)OC6c7ccccc7-c7ccccc76)CC5C4)cc3[nH]2)c1N. The molecule has 1 saturated heterocycles. The number of alkyl halides is 2. The van der Waals surface area contributed by atoms with Crippen molar-refractivity contribution in [1.29, 1.82) is 0 Å². The van der Waals surface area contributed by atoms with Gasteiger partial charge in [0.25, 0.3) is 6.43 Å². The van der Waals surface area contributed by atoms with E-state index in [9.17, 15) is 22.8 Å². The lowest BCUT2D eigenvalue weighted by atomic mass is 10.0. The van der Waals surface area contributed by atoms with Gasteiger partial charge in [0.2, 0.25) is 5.78 Å². The fraction of sp³-hybridized carbons (Fsp3) is 0.229. The maximum atomic E-state index is 14.2. The van der Waals surface area contributed by atoms with Crippen LogP contribution in [0.2, 0.25) is 0 Å². The number of ether oxygens (including phenoxy) is 3. The number of nitrogens with two attached hydrogens (primary N) is 1. The van der Waals surface area contributed by atoms with Crippen molar-refractivity contribution in [2.75, 3.05) is 30.3 Å². The standard InChI is InChI=1S/C48H41F3N6O5/c1-26-16-31(61-42-13-7-6-12-37(42)49)14-15-40(26)57-47(52)36(22-53-57)45(58)39-19-27-20-43(60-25-44(50)51)41(21-38(27)55-39)56-23-28-17-30(18-29(28)24-56)54-48(59)62-46-34-10-4-2-8-32(34)33-9-3-5-11-35(33)46/h2-16,19-22,28-30,44,46,55H,17-18,23-25,52H2,1H3,(H,54,59). The zero-order chi connectivity index (χ0) is 42.6. The summed E-state index contributed by atoms with van der Waals surface area (Å²) in [6.07, 6.45) is -0.748. The van der Waals surface area contributed by atoms with Gasteiger partial charge in [-0.3, -0.25) is 4.79 Å². The van der Waals surface area contributed by atoms with E-state index in [1.807, 2.05) is 61.5 Å². The van der Waals surface area contributed by atoms with Crippen LogP contribution in [0.3, 0.4) is 0 Å². The molecule has 14 heteroatoms. The predicted octanol–water partition coefficient (Wildman–Crippen LogP) is 9.76. The van der Waals surface area contributed by atoms with Crippen molar-refractivity contribution >= 4 is 34.3 Å². The third kappa shape index (κ3) is 7.14. The average molecular weight is 839 g/mol. The lowest BCUT2D eigenvalue weighted by Gasteiger charge is -2.24. The zero-order valence-corrected chi connectivity index (χ0v) is 33.5. The van der Waals surface area contributed by atoms with Gasteiger partial charge in [0, 0.05) is 41.2 Å². The maximum absolute atomic E-state index is 14.2. The number of aryl methyl sites for hydroxylation is 1. The van der Waals surface area contributed by atoms with Gasteiger partial charge in [0.15, 0.2) is 17.7 Å². The molecular formula is C48H41F3N6O5. The normalized spacial score (nSPS) is 17.9. The summed E-state index contributed by atoms with van der Waals surface area (Å²) in [5.74, 6) is 0.496. The van der Waals surface area contributed by atoms with Gasteiger partial charge in [-0.25, -0.2) is 22.6 Å². The zero-order valence-electron chi connectivity index (χ0n) is 33.5. The van der Waals surface area contributed by atoms with Crippen molar-refractivity contribution in [3.63, 3.8) is 0 Å². The summed E-state index contributed by atoms with van der Waals surface area (Å²) in [4.78, 5) is 32.6. The van der Waals surface area contributed by atoms with E-state index in [2.05, 4.69) is 20.3 Å². The van der Waals surface area contributed by atoms with Crippen molar-refractivity contribution in [2.24, 2.45) is 11.8 Å². The molecule has 2 unspecified atom stereocenters. The maximum Gasteiger partial charge on any atom is 0.408 e. The summed E-state index contributed by atoms with van der Waals surface area (Å²) >= 11 is 0. The summed E-state index contributed by atoms with van der Waals surface area (Å²) < 4.78 is 60.1. The number of halogens is 3. The molecule has 11 nitrogen and oxygen atoms in total. The van der Waals surface area contributed by atoms with Crippen LogP contribution < -0.4 is 25.4 Å². The number of ketones is 1.